The number of rotatable bonds is 8. The summed E-state index contributed by atoms with van der Waals surface area (Å²) in [7, 11) is -3.91. The van der Waals surface area contributed by atoms with Gasteiger partial charge in [-0.1, -0.05) is 16.8 Å². The number of anilines is 1. The lowest BCUT2D eigenvalue weighted by Crippen LogP contribution is -2.32. The first-order chi connectivity index (χ1) is 13.5. The lowest BCUT2D eigenvalue weighted by Gasteiger charge is -2.14. The number of aryl methyl sites for hydroxylation is 2. The molecule has 0 fully saturated rings. The summed E-state index contributed by atoms with van der Waals surface area (Å²) in [6.45, 7) is 4.02. The van der Waals surface area contributed by atoms with Gasteiger partial charge in [-0.05, 0) is 39.0 Å². The van der Waals surface area contributed by atoms with Crippen molar-refractivity contribution in [3.05, 3.63) is 40.5 Å². The molecule has 158 valence electrons. The number of carbonyl (C=O) groups is 2. The maximum Gasteiger partial charge on any atom is 0.307 e. The highest BCUT2D eigenvalue weighted by Crippen LogP contribution is 2.22. The van der Waals surface area contributed by atoms with Crippen molar-refractivity contribution in [1.82, 2.24) is 9.88 Å². The van der Waals surface area contributed by atoms with Crippen LogP contribution < -0.4 is 10.0 Å². The van der Waals surface area contributed by atoms with Crippen LogP contribution in [0.25, 0.3) is 0 Å². The predicted molar refractivity (Wildman–Crippen MR) is 101 cm³/mol. The second-order valence-electron chi connectivity index (χ2n) is 6.05. The van der Waals surface area contributed by atoms with Gasteiger partial charge in [0.05, 0.1) is 17.1 Å². The van der Waals surface area contributed by atoms with Crippen LogP contribution in [0.15, 0.2) is 27.6 Å². The molecule has 0 radical (unpaired) electrons. The molecule has 12 heteroatoms. The number of sulfonamides is 1. The van der Waals surface area contributed by atoms with Crippen LogP contribution in [0.3, 0.4) is 0 Å². The van der Waals surface area contributed by atoms with E-state index in [2.05, 4.69) is 15.2 Å². The Morgan fingerprint density at radius 2 is 2.03 bits per heavy atom. The van der Waals surface area contributed by atoms with Gasteiger partial charge in [0, 0.05) is 6.54 Å². The molecule has 1 heterocycles. The van der Waals surface area contributed by atoms with E-state index in [0.717, 1.165) is 12.1 Å². The Kier molecular flexibility index (Phi) is 7.33. The van der Waals surface area contributed by atoms with E-state index in [1.807, 2.05) is 0 Å². The number of benzene rings is 1. The van der Waals surface area contributed by atoms with E-state index in [4.69, 9.17) is 20.9 Å². The van der Waals surface area contributed by atoms with E-state index in [1.54, 1.807) is 0 Å². The van der Waals surface area contributed by atoms with Gasteiger partial charge in [0.15, 0.2) is 11.9 Å². The second kappa shape index (κ2) is 9.33. The minimum Gasteiger partial charge on any atom is -0.452 e. The average Bonchev–Trinajstić information content (AvgIpc) is 2.96. The van der Waals surface area contributed by atoms with Gasteiger partial charge in [-0.15, -0.1) is 0 Å². The molecule has 1 unspecified atom stereocenters. The first-order valence-electron chi connectivity index (χ1n) is 8.39. The second-order valence-corrected chi connectivity index (χ2v) is 8.16. The molecular weight excluding hydrogens is 429 g/mol. The summed E-state index contributed by atoms with van der Waals surface area (Å²) >= 11 is 5.82. The lowest BCUT2D eigenvalue weighted by atomic mass is 10.3. The highest BCUT2D eigenvalue weighted by molar-refractivity contribution is 7.89. The lowest BCUT2D eigenvalue weighted by molar-refractivity contribution is -0.152. The van der Waals surface area contributed by atoms with Crippen LogP contribution in [0.5, 0.6) is 0 Å². The van der Waals surface area contributed by atoms with Crippen molar-refractivity contribution < 1.29 is 31.7 Å². The van der Waals surface area contributed by atoms with E-state index < -0.39 is 33.8 Å². The third-order valence-corrected chi connectivity index (χ3v) is 5.74. The van der Waals surface area contributed by atoms with E-state index in [0.29, 0.717) is 0 Å². The molecule has 0 saturated heterocycles. The Morgan fingerprint density at radius 1 is 1.34 bits per heavy atom. The molecular formula is C17H19ClFN3O6S. The summed E-state index contributed by atoms with van der Waals surface area (Å²) in [6, 6.07) is 3.41. The number of carbonyl (C=O) groups excluding carboxylic acids is 2. The predicted octanol–water partition coefficient (Wildman–Crippen LogP) is 2.32. The summed E-state index contributed by atoms with van der Waals surface area (Å²) in [4.78, 5) is 23.9. The van der Waals surface area contributed by atoms with Gasteiger partial charge < -0.3 is 14.6 Å². The molecule has 2 aromatic rings. The smallest absolute Gasteiger partial charge is 0.307 e. The Morgan fingerprint density at radius 3 is 2.62 bits per heavy atom. The van der Waals surface area contributed by atoms with Crippen molar-refractivity contribution in [3.8, 4) is 0 Å². The van der Waals surface area contributed by atoms with Crippen LogP contribution in [-0.4, -0.2) is 38.1 Å². The quantitative estimate of drug-likeness (QED) is 0.594. The van der Waals surface area contributed by atoms with Crippen molar-refractivity contribution in [1.29, 1.82) is 0 Å². The first-order valence-corrected chi connectivity index (χ1v) is 10.3. The molecule has 2 N–H and O–H groups in total. The van der Waals surface area contributed by atoms with Gasteiger partial charge in [-0.2, -0.15) is 0 Å². The van der Waals surface area contributed by atoms with Gasteiger partial charge in [-0.25, -0.2) is 17.5 Å². The van der Waals surface area contributed by atoms with E-state index in [1.165, 1.54) is 26.8 Å². The molecule has 9 nitrogen and oxygen atoms in total. The average molecular weight is 448 g/mol. The number of nitrogens with zero attached hydrogens (tertiary/aromatic N) is 1. The van der Waals surface area contributed by atoms with E-state index in [-0.39, 0.29) is 40.0 Å². The van der Waals surface area contributed by atoms with Gasteiger partial charge in [-0.3, -0.25) is 9.59 Å². The van der Waals surface area contributed by atoms with Crippen LogP contribution in [0.4, 0.5) is 10.1 Å². The number of ether oxygens (including phenoxy) is 1. The molecule has 0 aliphatic rings. The molecule has 0 aliphatic heterocycles. The highest BCUT2D eigenvalue weighted by Gasteiger charge is 2.24. The number of hydrogen-bond donors (Lipinski definition) is 2. The monoisotopic (exact) mass is 447 g/mol. The minimum absolute atomic E-state index is 0.00870. The molecule has 1 amide bonds. The maximum atomic E-state index is 13.0. The number of hydrogen-bond acceptors (Lipinski definition) is 7. The van der Waals surface area contributed by atoms with Crippen molar-refractivity contribution in [3.63, 3.8) is 0 Å². The van der Waals surface area contributed by atoms with Crippen LogP contribution in [0, 0.1) is 19.7 Å². The standard InChI is InChI=1S/C17H19ClFN3O6S/c1-9-16(10(2)28-22-9)29(25,26)20-7-6-15(23)27-11(3)17(24)21-14-5-4-12(19)8-13(14)18/h4-5,8,11,20H,6-7H2,1-3H3,(H,21,24). The summed E-state index contributed by atoms with van der Waals surface area (Å²) in [5.41, 5.74) is 0.357. The zero-order valence-corrected chi connectivity index (χ0v) is 17.4. The van der Waals surface area contributed by atoms with Crippen LogP contribution >= 0.6 is 11.6 Å². The number of esters is 1. The van der Waals surface area contributed by atoms with Crippen LogP contribution in [0.2, 0.25) is 5.02 Å². The molecule has 0 aliphatic carbocycles. The molecule has 1 atom stereocenters. The number of halogens is 2. The third kappa shape index (κ3) is 5.99. The van der Waals surface area contributed by atoms with Crippen molar-refractivity contribution >= 4 is 39.2 Å². The fourth-order valence-electron chi connectivity index (χ4n) is 2.35. The first kappa shape index (κ1) is 22.8. The molecule has 29 heavy (non-hydrogen) atoms. The fourth-order valence-corrected chi connectivity index (χ4v) is 3.92. The van der Waals surface area contributed by atoms with Gasteiger partial charge in [0.1, 0.15) is 16.4 Å². The van der Waals surface area contributed by atoms with Crippen molar-refractivity contribution in [2.75, 3.05) is 11.9 Å². The molecule has 2 rings (SSSR count). The summed E-state index contributed by atoms with van der Waals surface area (Å²) < 4.78 is 49.5. The topological polar surface area (TPSA) is 128 Å². The van der Waals surface area contributed by atoms with Crippen molar-refractivity contribution in [2.24, 2.45) is 0 Å². The maximum absolute atomic E-state index is 13.0. The van der Waals surface area contributed by atoms with E-state index >= 15 is 0 Å². The van der Waals surface area contributed by atoms with Crippen LogP contribution in [-0.2, 0) is 24.3 Å². The Balaban J connectivity index is 1.84. The summed E-state index contributed by atoms with van der Waals surface area (Å²) in [6.07, 6.45) is -1.49. The zero-order valence-electron chi connectivity index (χ0n) is 15.8. The molecule has 0 spiro atoms. The van der Waals surface area contributed by atoms with Gasteiger partial charge >= 0.3 is 5.97 Å². The number of amides is 1. The highest BCUT2D eigenvalue weighted by atomic mass is 35.5. The van der Waals surface area contributed by atoms with E-state index in [9.17, 15) is 22.4 Å². The molecule has 0 bridgehead atoms. The number of nitrogens with one attached hydrogen (secondary N) is 2. The van der Waals surface area contributed by atoms with Crippen molar-refractivity contribution in [2.45, 2.75) is 38.2 Å². The zero-order chi connectivity index (χ0) is 21.8. The molecule has 1 aromatic carbocycles. The minimum atomic E-state index is -3.91. The van der Waals surface area contributed by atoms with Gasteiger partial charge in [0.2, 0.25) is 10.0 Å². The van der Waals surface area contributed by atoms with Crippen LogP contribution in [0.1, 0.15) is 24.8 Å². The Bertz CT molecular complexity index is 1000. The summed E-state index contributed by atoms with van der Waals surface area (Å²) in [5.74, 6) is -1.91. The fraction of sp³-hybridized carbons (Fsp3) is 0.353. The Labute approximate surface area is 171 Å². The molecule has 1 aromatic heterocycles. The SMILES string of the molecule is Cc1noc(C)c1S(=O)(=O)NCCC(=O)OC(C)C(=O)Nc1ccc(F)cc1Cl. The Hall–Kier alpha value is -2.50. The van der Waals surface area contributed by atoms with Gasteiger partial charge in [0.25, 0.3) is 5.91 Å². The number of aromatic nitrogens is 1. The molecule has 0 saturated carbocycles. The normalized spacial score (nSPS) is 12.4. The third-order valence-electron chi connectivity index (χ3n) is 3.72. The summed E-state index contributed by atoms with van der Waals surface area (Å²) in [5, 5.41) is 5.97. The largest absolute Gasteiger partial charge is 0.452 e.